The maximum absolute atomic E-state index is 11.9. The number of nitrogens with zero attached hydrogens (tertiary/aromatic N) is 1. The summed E-state index contributed by atoms with van der Waals surface area (Å²) in [6, 6.07) is 5.64. The van der Waals surface area contributed by atoms with Gasteiger partial charge in [-0.15, -0.1) is 0 Å². The molecule has 0 fully saturated rings. The number of carbonyl (C=O) groups excluding carboxylic acids is 2. The Labute approximate surface area is 119 Å². The fourth-order valence-corrected chi connectivity index (χ4v) is 2.38. The molecule has 1 aliphatic heterocycles. The number of aryl methyl sites for hydroxylation is 1. The average molecular weight is 270 g/mol. The van der Waals surface area contributed by atoms with Crippen molar-refractivity contribution in [2.75, 3.05) is 16.8 Å². The summed E-state index contributed by atoms with van der Waals surface area (Å²) in [5.74, 6) is 4.87. The van der Waals surface area contributed by atoms with Gasteiger partial charge in [-0.2, -0.15) is 0 Å². The molecule has 1 aromatic rings. The lowest BCUT2D eigenvalue weighted by Crippen LogP contribution is -2.35. The predicted octanol–water partition coefficient (Wildman–Crippen LogP) is 2.34. The smallest absolute Gasteiger partial charge is 0.300 e. The molecule has 4 heteroatoms. The normalized spacial score (nSPS) is 13.3. The first kappa shape index (κ1) is 14.1. The highest BCUT2D eigenvalue weighted by molar-refractivity contribution is 6.04. The highest BCUT2D eigenvalue weighted by Gasteiger charge is 2.23. The summed E-state index contributed by atoms with van der Waals surface area (Å²) in [4.78, 5) is 25.2. The lowest BCUT2D eigenvalue weighted by Gasteiger charge is -2.29. The first-order valence-electron chi connectivity index (χ1n) is 6.82. The zero-order chi connectivity index (χ0) is 14.5. The van der Waals surface area contributed by atoms with Gasteiger partial charge in [0.15, 0.2) is 0 Å². The fourth-order valence-electron chi connectivity index (χ4n) is 2.38. The van der Waals surface area contributed by atoms with Crippen molar-refractivity contribution < 1.29 is 9.59 Å². The van der Waals surface area contributed by atoms with Crippen LogP contribution >= 0.6 is 0 Å². The molecule has 104 valence electrons. The molecule has 0 bridgehead atoms. The third-order valence-corrected chi connectivity index (χ3v) is 3.22. The molecule has 0 atom stereocenters. The average Bonchev–Trinajstić information content (AvgIpc) is 2.42. The number of carbonyl (C=O) groups is 2. The Morgan fingerprint density at radius 3 is 2.90 bits per heavy atom. The zero-order valence-electron chi connectivity index (χ0n) is 11.8. The summed E-state index contributed by atoms with van der Waals surface area (Å²) < 4.78 is 0. The number of rotatable bonds is 3. The predicted molar refractivity (Wildman–Crippen MR) is 79.5 cm³/mol. The van der Waals surface area contributed by atoms with Crippen LogP contribution in [0, 0.1) is 11.8 Å². The van der Waals surface area contributed by atoms with Crippen molar-refractivity contribution in [3.63, 3.8) is 0 Å². The van der Waals surface area contributed by atoms with Gasteiger partial charge < -0.3 is 10.2 Å². The van der Waals surface area contributed by atoms with Crippen LogP contribution in [-0.4, -0.2) is 18.4 Å². The number of nitrogens with one attached hydrogen (secondary N) is 1. The van der Waals surface area contributed by atoms with Gasteiger partial charge in [0.25, 0.3) is 5.91 Å². The number of hydrogen-bond acceptors (Lipinski definition) is 2. The van der Waals surface area contributed by atoms with Crippen molar-refractivity contribution in [2.45, 2.75) is 33.1 Å². The van der Waals surface area contributed by atoms with E-state index in [-0.39, 0.29) is 11.8 Å². The van der Waals surface area contributed by atoms with Crippen LogP contribution in [0.25, 0.3) is 0 Å². The summed E-state index contributed by atoms with van der Waals surface area (Å²) in [5.41, 5.74) is 2.78. The second-order valence-electron chi connectivity index (χ2n) is 4.72. The highest BCUT2D eigenvalue weighted by atomic mass is 16.2. The standard InChI is InChI=1S/C16H18N2O2/c1-3-5-15(19)17-13-7-8-14-12(11-13)6-9-16(20)18(14)10-4-2/h7-8,11H,4,6,9-10H2,1-2H3,(H,17,19). The van der Waals surface area contributed by atoms with E-state index in [0.717, 1.165) is 36.3 Å². The number of anilines is 2. The van der Waals surface area contributed by atoms with Crippen molar-refractivity contribution in [2.24, 2.45) is 0 Å². The van der Waals surface area contributed by atoms with Gasteiger partial charge in [0.2, 0.25) is 5.91 Å². The molecular formula is C16H18N2O2. The first-order valence-corrected chi connectivity index (χ1v) is 6.82. The molecule has 0 aromatic heterocycles. The van der Waals surface area contributed by atoms with Gasteiger partial charge in [-0.25, -0.2) is 0 Å². The van der Waals surface area contributed by atoms with E-state index in [2.05, 4.69) is 24.1 Å². The first-order chi connectivity index (χ1) is 9.65. The Hall–Kier alpha value is -2.28. The maximum atomic E-state index is 11.9. The minimum absolute atomic E-state index is 0.174. The largest absolute Gasteiger partial charge is 0.315 e. The summed E-state index contributed by atoms with van der Waals surface area (Å²) in [5, 5.41) is 2.74. The molecular weight excluding hydrogens is 252 g/mol. The van der Waals surface area contributed by atoms with Gasteiger partial charge in [-0.1, -0.05) is 12.8 Å². The second-order valence-corrected chi connectivity index (χ2v) is 4.72. The van der Waals surface area contributed by atoms with Gasteiger partial charge in [-0.3, -0.25) is 9.59 Å². The molecule has 0 saturated heterocycles. The van der Waals surface area contributed by atoms with Crippen molar-refractivity contribution in [1.82, 2.24) is 0 Å². The fraction of sp³-hybridized carbons (Fsp3) is 0.375. The van der Waals surface area contributed by atoms with E-state index >= 15 is 0 Å². The SMILES string of the molecule is CC#CC(=O)Nc1ccc2c(c1)CCC(=O)N2CCC. The van der Waals surface area contributed by atoms with Gasteiger partial charge in [0.05, 0.1) is 0 Å². The van der Waals surface area contributed by atoms with Crippen LogP contribution in [0.5, 0.6) is 0 Å². The molecule has 1 aromatic carbocycles. The minimum Gasteiger partial charge on any atom is -0.315 e. The minimum atomic E-state index is -0.315. The van der Waals surface area contributed by atoms with E-state index < -0.39 is 0 Å². The molecule has 1 N–H and O–H groups in total. The summed E-state index contributed by atoms with van der Waals surface area (Å²) in [6.07, 6.45) is 2.17. The third kappa shape index (κ3) is 3.00. The van der Waals surface area contributed by atoms with Crippen LogP contribution in [0.3, 0.4) is 0 Å². The van der Waals surface area contributed by atoms with E-state index in [1.165, 1.54) is 0 Å². The number of benzene rings is 1. The van der Waals surface area contributed by atoms with Crippen LogP contribution in [0.1, 0.15) is 32.3 Å². The number of amides is 2. The molecule has 0 unspecified atom stereocenters. The Kier molecular flexibility index (Phi) is 4.41. The third-order valence-electron chi connectivity index (χ3n) is 3.22. The van der Waals surface area contributed by atoms with Crippen molar-refractivity contribution in [3.05, 3.63) is 23.8 Å². The molecule has 2 rings (SSSR count). The molecule has 0 radical (unpaired) electrons. The van der Waals surface area contributed by atoms with Crippen molar-refractivity contribution in [3.8, 4) is 11.8 Å². The molecule has 4 nitrogen and oxygen atoms in total. The molecule has 1 heterocycles. The van der Waals surface area contributed by atoms with Crippen LogP contribution < -0.4 is 10.2 Å². The lowest BCUT2D eigenvalue weighted by atomic mass is 10.00. The Bertz CT molecular complexity index is 596. The topological polar surface area (TPSA) is 49.4 Å². The van der Waals surface area contributed by atoms with Gasteiger partial charge >= 0.3 is 0 Å². The Balaban J connectivity index is 2.25. The van der Waals surface area contributed by atoms with Crippen molar-refractivity contribution in [1.29, 1.82) is 0 Å². The quantitative estimate of drug-likeness (QED) is 0.857. The van der Waals surface area contributed by atoms with E-state index in [9.17, 15) is 9.59 Å². The van der Waals surface area contributed by atoms with Gasteiger partial charge in [0.1, 0.15) is 0 Å². The molecule has 0 saturated carbocycles. The zero-order valence-corrected chi connectivity index (χ0v) is 11.8. The van der Waals surface area contributed by atoms with Crippen LogP contribution in [0.4, 0.5) is 11.4 Å². The van der Waals surface area contributed by atoms with Crippen molar-refractivity contribution >= 4 is 23.2 Å². The maximum Gasteiger partial charge on any atom is 0.300 e. The monoisotopic (exact) mass is 270 g/mol. The van der Waals surface area contributed by atoms with Crippen LogP contribution in [0.2, 0.25) is 0 Å². The Morgan fingerprint density at radius 2 is 2.20 bits per heavy atom. The van der Waals surface area contributed by atoms with Crippen LogP contribution in [-0.2, 0) is 16.0 Å². The number of hydrogen-bond donors (Lipinski definition) is 1. The van der Waals surface area contributed by atoms with E-state index in [1.807, 2.05) is 23.1 Å². The summed E-state index contributed by atoms with van der Waals surface area (Å²) >= 11 is 0. The van der Waals surface area contributed by atoms with Gasteiger partial charge in [0, 0.05) is 24.3 Å². The van der Waals surface area contributed by atoms with Gasteiger partial charge in [-0.05, 0) is 49.4 Å². The van der Waals surface area contributed by atoms with E-state index in [4.69, 9.17) is 0 Å². The summed E-state index contributed by atoms with van der Waals surface area (Å²) in [7, 11) is 0. The lowest BCUT2D eigenvalue weighted by molar-refractivity contribution is -0.119. The molecule has 20 heavy (non-hydrogen) atoms. The van der Waals surface area contributed by atoms with E-state index in [0.29, 0.717) is 6.42 Å². The van der Waals surface area contributed by atoms with Crippen LogP contribution in [0.15, 0.2) is 18.2 Å². The summed E-state index contributed by atoms with van der Waals surface area (Å²) in [6.45, 7) is 4.42. The molecule has 0 aliphatic carbocycles. The highest BCUT2D eigenvalue weighted by Crippen LogP contribution is 2.30. The van der Waals surface area contributed by atoms with E-state index in [1.54, 1.807) is 6.92 Å². The molecule has 1 aliphatic rings. The molecule has 0 spiro atoms. The second kappa shape index (κ2) is 6.25. The Morgan fingerprint density at radius 1 is 1.40 bits per heavy atom. The number of fused-ring (bicyclic) bond motifs is 1. The molecule has 2 amide bonds.